The Balaban J connectivity index is 2.59. The minimum absolute atomic E-state index is 1.20. The summed E-state index contributed by atoms with van der Waals surface area (Å²) in [6.45, 7) is 4.25. The molecule has 3 aromatic carbocycles. The molecule has 0 heteroatoms. The van der Waals surface area contributed by atoms with Crippen LogP contribution in [0.15, 0.2) is 42.5 Å². The van der Waals surface area contributed by atoms with Crippen LogP contribution in [0.25, 0.3) is 21.5 Å². The average molecular weight is 205 g/mol. The van der Waals surface area contributed by atoms with E-state index in [2.05, 4.69) is 62.4 Å². The Labute approximate surface area is 95.5 Å². The lowest BCUT2D eigenvalue weighted by Gasteiger charge is -2.07. The van der Waals surface area contributed by atoms with Gasteiger partial charge in [-0.2, -0.15) is 0 Å². The number of aryl methyl sites for hydroxylation is 2. The first kappa shape index (κ1) is 9.41. The van der Waals surface area contributed by atoms with Crippen molar-refractivity contribution in [2.75, 3.05) is 0 Å². The van der Waals surface area contributed by atoms with E-state index in [1.54, 1.807) is 0 Å². The number of fused-ring (bicyclic) bond motifs is 3. The van der Waals surface area contributed by atoms with E-state index in [-0.39, 0.29) is 0 Å². The monoisotopic (exact) mass is 205 g/mol. The third-order valence-electron chi connectivity index (χ3n) is 3.12. The second kappa shape index (κ2) is 3.34. The molecule has 0 aliphatic rings. The largest absolute Gasteiger partial charge is 0.0616 e. The fourth-order valence-electron chi connectivity index (χ4n) is 2.32. The lowest BCUT2D eigenvalue weighted by molar-refractivity contribution is 1.48. The zero-order chi connectivity index (χ0) is 11.1. The zero-order valence-electron chi connectivity index (χ0n) is 9.54. The highest BCUT2D eigenvalue weighted by molar-refractivity contribution is 6.08. The molecule has 0 spiro atoms. The van der Waals surface area contributed by atoms with Gasteiger partial charge in [-0.15, -0.1) is 0 Å². The Morgan fingerprint density at radius 3 is 2.38 bits per heavy atom. The summed E-state index contributed by atoms with van der Waals surface area (Å²) in [5.74, 6) is 0. The van der Waals surface area contributed by atoms with Gasteiger partial charge in [0.25, 0.3) is 0 Å². The van der Waals surface area contributed by atoms with Gasteiger partial charge < -0.3 is 0 Å². The molecule has 0 saturated heterocycles. The van der Waals surface area contributed by atoms with E-state index in [1.807, 2.05) is 0 Å². The molecular formula is C16H13. The summed E-state index contributed by atoms with van der Waals surface area (Å²) in [5.41, 5.74) is 2.52. The standard InChI is InChI=1S/C16H13/c1-11-7-8-15-13(9-11)10-12(2)14-5-3-4-6-16(14)15/h3-8,10H,1-2H3. The number of rotatable bonds is 0. The summed E-state index contributed by atoms with van der Waals surface area (Å²) < 4.78 is 0. The SMILES string of the molecule is Cc1[c]c2cc(C)c3ccccc3c2cc1. The van der Waals surface area contributed by atoms with Crippen LogP contribution < -0.4 is 0 Å². The molecule has 0 aliphatic heterocycles. The quantitative estimate of drug-likeness (QED) is 0.477. The fourth-order valence-corrected chi connectivity index (χ4v) is 2.32. The van der Waals surface area contributed by atoms with Crippen molar-refractivity contribution in [3.05, 3.63) is 59.7 Å². The van der Waals surface area contributed by atoms with Crippen LogP contribution in [0.2, 0.25) is 0 Å². The summed E-state index contributed by atoms with van der Waals surface area (Å²) >= 11 is 0. The molecule has 77 valence electrons. The van der Waals surface area contributed by atoms with Gasteiger partial charge in [0.2, 0.25) is 0 Å². The Morgan fingerprint density at radius 2 is 1.56 bits per heavy atom. The predicted molar refractivity (Wildman–Crippen MR) is 69.8 cm³/mol. The molecule has 0 atom stereocenters. The van der Waals surface area contributed by atoms with Crippen molar-refractivity contribution >= 4 is 21.5 Å². The van der Waals surface area contributed by atoms with Gasteiger partial charge in [-0.25, -0.2) is 0 Å². The van der Waals surface area contributed by atoms with Crippen molar-refractivity contribution < 1.29 is 0 Å². The van der Waals surface area contributed by atoms with E-state index in [0.717, 1.165) is 0 Å². The third-order valence-corrected chi connectivity index (χ3v) is 3.12. The molecule has 0 N–H and O–H groups in total. The van der Waals surface area contributed by atoms with Crippen molar-refractivity contribution in [3.63, 3.8) is 0 Å². The first-order valence-corrected chi connectivity index (χ1v) is 5.57. The molecule has 0 saturated carbocycles. The van der Waals surface area contributed by atoms with Gasteiger partial charge in [0.05, 0.1) is 0 Å². The second-order valence-corrected chi connectivity index (χ2v) is 4.34. The van der Waals surface area contributed by atoms with Crippen molar-refractivity contribution in [2.45, 2.75) is 13.8 Å². The molecule has 0 bridgehead atoms. The summed E-state index contributed by atoms with van der Waals surface area (Å²) in [4.78, 5) is 0. The lowest BCUT2D eigenvalue weighted by Crippen LogP contribution is -1.83. The van der Waals surface area contributed by atoms with Gasteiger partial charge in [-0.3, -0.25) is 0 Å². The van der Waals surface area contributed by atoms with E-state index in [1.165, 1.54) is 32.7 Å². The molecular weight excluding hydrogens is 192 g/mol. The van der Waals surface area contributed by atoms with E-state index >= 15 is 0 Å². The smallest absolute Gasteiger partial charge is 0.00669 e. The number of benzene rings is 3. The number of hydrogen-bond donors (Lipinski definition) is 0. The van der Waals surface area contributed by atoms with Crippen molar-refractivity contribution in [1.29, 1.82) is 0 Å². The highest BCUT2D eigenvalue weighted by atomic mass is 14.1. The Kier molecular flexibility index (Phi) is 1.97. The van der Waals surface area contributed by atoms with Crippen molar-refractivity contribution in [1.82, 2.24) is 0 Å². The lowest BCUT2D eigenvalue weighted by atomic mass is 9.97. The first-order valence-electron chi connectivity index (χ1n) is 5.57. The maximum Gasteiger partial charge on any atom is -0.00669 e. The Hall–Kier alpha value is -1.82. The zero-order valence-corrected chi connectivity index (χ0v) is 9.54. The molecule has 0 nitrogen and oxygen atoms in total. The van der Waals surface area contributed by atoms with Crippen LogP contribution in [-0.2, 0) is 0 Å². The van der Waals surface area contributed by atoms with Crippen LogP contribution in [0.3, 0.4) is 0 Å². The molecule has 3 aromatic rings. The topological polar surface area (TPSA) is 0 Å². The van der Waals surface area contributed by atoms with Gasteiger partial charge in [0.15, 0.2) is 0 Å². The molecule has 0 aliphatic carbocycles. The predicted octanol–water partition coefficient (Wildman–Crippen LogP) is 4.41. The molecule has 1 radical (unpaired) electrons. The van der Waals surface area contributed by atoms with Crippen LogP contribution >= 0.6 is 0 Å². The van der Waals surface area contributed by atoms with Gasteiger partial charge in [-0.1, -0.05) is 42.5 Å². The van der Waals surface area contributed by atoms with Crippen molar-refractivity contribution in [3.8, 4) is 0 Å². The summed E-state index contributed by atoms with van der Waals surface area (Å²) in [5, 5.41) is 5.18. The van der Waals surface area contributed by atoms with E-state index in [9.17, 15) is 0 Å². The van der Waals surface area contributed by atoms with E-state index < -0.39 is 0 Å². The van der Waals surface area contributed by atoms with Crippen LogP contribution in [0.4, 0.5) is 0 Å². The van der Waals surface area contributed by atoms with E-state index in [0.29, 0.717) is 0 Å². The highest BCUT2D eigenvalue weighted by Gasteiger charge is 2.03. The molecule has 3 rings (SSSR count). The van der Waals surface area contributed by atoms with Crippen LogP contribution in [0.1, 0.15) is 11.1 Å². The average Bonchev–Trinajstić information content (AvgIpc) is 2.29. The highest BCUT2D eigenvalue weighted by Crippen LogP contribution is 2.28. The summed E-state index contributed by atoms with van der Waals surface area (Å²) in [6, 6.07) is 18.5. The van der Waals surface area contributed by atoms with Gasteiger partial charge in [-0.05, 0) is 52.6 Å². The van der Waals surface area contributed by atoms with Gasteiger partial charge >= 0.3 is 0 Å². The molecule has 0 aromatic heterocycles. The Bertz CT molecular complexity index is 678. The minimum atomic E-state index is 1.20. The number of hydrogen-bond acceptors (Lipinski definition) is 0. The molecule has 0 amide bonds. The Morgan fingerprint density at radius 1 is 0.812 bits per heavy atom. The van der Waals surface area contributed by atoms with Crippen LogP contribution in [0, 0.1) is 19.9 Å². The first-order chi connectivity index (χ1) is 7.75. The fraction of sp³-hybridized carbons (Fsp3) is 0.125. The molecule has 0 heterocycles. The van der Waals surface area contributed by atoms with Gasteiger partial charge in [0, 0.05) is 0 Å². The summed E-state index contributed by atoms with van der Waals surface area (Å²) in [6.07, 6.45) is 0. The van der Waals surface area contributed by atoms with Crippen LogP contribution in [-0.4, -0.2) is 0 Å². The van der Waals surface area contributed by atoms with E-state index in [4.69, 9.17) is 0 Å². The van der Waals surface area contributed by atoms with Crippen LogP contribution in [0.5, 0.6) is 0 Å². The van der Waals surface area contributed by atoms with Gasteiger partial charge in [0.1, 0.15) is 0 Å². The summed E-state index contributed by atoms with van der Waals surface area (Å²) in [7, 11) is 0. The minimum Gasteiger partial charge on any atom is -0.0616 e. The second-order valence-electron chi connectivity index (χ2n) is 4.34. The maximum absolute atomic E-state index is 3.42. The van der Waals surface area contributed by atoms with Crippen molar-refractivity contribution in [2.24, 2.45) is 0 Å². The normalized spacial score (nSPS) is 11.1. The molecule has 16 heavy (non-hydrogen) atoms. The third kappa shape index (κ3) is 1.30. The molecule has 0 fully saturated rings. The maximum atomic E-state index is 3.42. The molecule has 0 unspecified atom stereocenters.